The van der Waals surface area contributed by atoms with E-state index in [4.69, 9.17) is 5.26 Å². The topological polar surface area (TPSA) is 65.4 Å². The molecule has 0 aliphatic heterocycles. The maximum absolute atomic E-state index is 13.0. The van der Waals surface area contributed by atoms with Crippen LogP contribution in [0, 0.1) is 11.3 Å². The number of hydrogen-bond donors (Lipinski definition) is 1. The minimum absolute atomic E-state index is 0.102. The van der Waals surface area contributed by atoms with E-state index in [2.05, 4.69) is 15.4 Å². The Labute approximate surface area is 172 Å². The Bertz CT molecular complexity index is 1130. The van der Waals surface area contributed by atoms with Gasteiger partial charge >= 0.3 is 12.4 Å². The van der Waals surface area contributed by atoms with Crippen molar-refractivity contribution in [3.63, 3.8) is 0 Å². The van der Waals surface area contributed by atoms with Gasteiger partial charge in [-0.2, -0.15) is 31.6 Å². The van der Waals surface area contributed by atoms with Crippen molar-refractivity contribution in [3.8, 4) is 17.3 Å². The fraction of sp³-hybridized carbons (Fsp3) is 0.190. The summed E-state index contributed by atoms with van der Waals surface area (Å²) in [6.07, 6.45) is -8.25. The van der Waals surface area contributed by atoms with Crippen LogP contribution < -0.4 is 0 Å². The molecule has 4 nitrogen and oxygen atoms in total. The Morgan fingerprint density at radius 3 is 2.26 bits per heavy atom. The normalized spacial score (nSPS) is 12.6. The summed E-state index contributed by atoms with van der Waals surface area (Å²) in [5, 5.41) is 19.0. The van der Waals surface area contributed by atoms with E-state index >= 15 is 0 Å². The van der Waals surface area contributed by atoms with Crippen LogP contribution in [0.2, 0.25) is 0 Å². The number of rotatable bonds is 4. The number of nitrogens with one attached hydrogen (secondary N) is 1. The van der Waals surface area contributed by atoms with E-state index in [1.165, 1.54) is 0 Å². The third-order valence-electron chi connectivity index (χ3n) is 4.36. The summed E-state index contributed by atoms with van der Waals surface area (Å²) in [5.74, 6) is 0. The maximum atomic E-state index is 13.0. The Hall–Kier alpha value is -3.61. The van der Waals surface area contributed by atoms with Crippen LogP contribution in [-0.2, 0) is 18.8 Å². The maximum Gasteiger partial charge on any atom is 0.416 e. The first kappa shape index (κ1) is 22.1. The molecule has 10 heteroatoms. The highest BCUT2D eigenvalue weighted by atomic mass is 19.4. The predicted octanol–water partition coefficient (Wildman–Crippen LogP) is 6.03. The third-order valence-corrected chi connectivity index (χ3v) is 4.36. The lowest BCUT2D eigenvalue weighted by Gasteiger charge is -2.14. The molecule has 0 fully saturated rings. The minimum Gasteiger partial charge on any atom is -0.247 e. The lowest BCUT2D eigenvalue weighted by molar-refractivity contribution is -0.143. The number of allylic oxidation sites excluding steroid dienone is 1. The Morgan fingerprint density at radius 1 is 1.03 bits per heavy atom. The van der Waals surface area contributed by atoms with Crippen molar-refractivity contribution >= 4 is 6.08 Å². The number of benzene rings is 2. The van der Waals surface area contributed by atoms with E-state index in [1.807, 2.05) is 6.07 Å². The second kappa shape index (κ2) is 8.26. The largest absolute Gasteiger partial charge is 0.416 e. The van der Waals surface area contributed by atoms with Gasteiger partial charge in [-0.1, -0.05) is 35.1 Å². The van der Waals surface area contributed by atoms with Gasteiger partial charge in [0.2, 0.25) is 0 Å². The van der Waals surface area contributed by atoms with Gasteiger partial charge in [0.15, 0.2) is 5.69 Å². The summed E-state index contributed by atoms with van der Waals surface area (Å²) in [7, 11) is 0. The van der Waals surface area contributed by atoms with Crippen LogP contribution in [-0.4, -0.2) is 15.4 Å². The molecule has 0 atom stereocenters. The zero-order valence-corrected chi connectivity index (χ0v) is 15.9. The number of hydrogen-bond acceptors (Lipinski definition) is 3. The first-order valence-corrected chi connectivity index (χ1v) is 8.84. The molecule has 3 rings (SSSR count). The Kier molecular flexibility index (Phi) is 5.88. The fourth-order valence-electron chi connectivity index (χ4n) is 3.06. The highest BCUT2D eigenvalue weighted by Gasteiger charge is 2.36. The molecule has 0 saturated carbocycles. The molecule has 2 aromatic carbocycles. The Balaban J connectivity index is 1.92. The average Bonchev–Trinajstić information content (AvgIpc) is 3.15. The highest BCUT2D eigenvalue weighted by molar-refractivity contribution is 5.68. The molecular formula is C21H14F6N4. The van der Waals surface area contributed by atoms with Gasteiger partial charge in [-0.25, -0.2) is 5.10 Å². The standard InChI is InChI=1S/C21H14F6N4/c1-12(5-13-3-2-4-15(7-13)19-18(11-28)29-31-30-19)6-14-8-16(20(22,23)24)10-17(9-14)21(25,26)27/h2-5,7-10H,6H2,1H3,(H,29,30,31)/b12-5+. The second-order valence-electron chi connectivity index (χ2n) is 6.85. The van der Waals surface area contributed by atoms with Crippen molar-refractivity contribution in [1.82, 2.24) is 15.4 Å². The third kappa shape index (κ3) is 5.31. The molecule has 0 radical (unpaired) electrons. The van der Waals surface area contributed by atoms with Gasteiger partial charge in [-0.15, -0.1) is 5.10 Å². The summed E-state index contributed by atoms with van der Waals surface area (Å²) in [5.41, 5.74) is -0.509. The van der Waals surface area contributed by atoms with E-state index in [1.54, 1.807) is 37.3 Å². The number of nitriles is 1. The fourth-order valence-corrected chi connectivity index (χ4v) is 3.06. The first-order chi connectivity index (χ1) is 14.5. The monoisotopic (exact) mass is 436 g/mol. The van der Waals surface area contributed by atoms with Crippen molar-refractivity contribution in [2.24, 2.45) is 0 Å². The number of aromatic amines is 1. The smallest absolute Gasteiger partial charge is 0.247 e. The molecule has 0 bridgehead atoms. The van der Waals surface area contributed by atoms with Gasteiger partial charge in [0, 0.05) is 5.56 Å². The van der Waals surface area contributed by atoms with E-state index in [0.717, 1.165) is 12.1 Å². The van der Waals surface area contributed by atoms with Crippen molar-refractivity contribution in [1.29, 1.82) is 5.26 Å². The second-order valence-corrected chi connectivity index (χ2v) is 6.85. The van der Waals surface area contributed by atoms with Crippen LogP contribution in [0.3, 0.4) is 0 Å². The molecule has 0 aliphatic rings. The van der Waals surface area contributed by atoms with Crippen molar-refractivity contribution < 1.29 is 26.3 Å². The van der Waals surface area contributed by atoms with Crippen molar-refractivity contribution in [2.75, 3.05) is 0 Å². The summed E-state index contributed by atoms with van der Waals surface area (Å²) >= 11 is 0. The molecule has 1 aromatic heterocycles. The molecule has 0 spiro atoms. The van der Waals surface area contributed by atoms with Crippen LogP contribution in [0.1, 0.15) is 34.9 Å². The number of alkyl halides is 6. The number of halogens is 6. The molecule has 3 aromatic rings. The SMILES string of the molecule is C/C(=C\c1cccc(-c2nn[nH]c2C#N)c1)Cc1cc(C(F)(F)F)cc(C(F)(F)F)c1. The zero-order valence-electron chi connectivity index (χ0n) is 15.9. The molecular weight excluding hydrogens is 422 g/mol. The van der Waals surface area contributed by atoms with Gasteiger partial charge in [-0.3, -0.25) is 0 Å². The Morgan fingerprint density at radius 2 is 1.68 bits per heavy atom. The van der Waals surface area contributed by atoms with E-state index in [0.29, 0.717) is 22.4 Å². The van der Waals surface area contributed by atoms with E-state index < -0.39 is 23.5 Å². The summed E-state index contributed by atoms with van der Waals surface area (Å²) in [6, 6.07) is 10.3. The van der Waals surface area contributed by atoms with Gasteiger partial charge in [0.25, 0.3) is 0 Å². The molecule has 0 unspecified atom stereocenters. The number of nitrogens with zero attached hydrogens (tertiary/aromatic N) is 3. The molecule has 0 aliphatic carbocycles. The zero-order chi connectivity index (χ0) is 22.8. The van der Waals surface area contributed by atoms with Crippen LogP contribution in [0.4, 0.5) is 26.3 Å². The van der Waals surface area contributed by atoms with Gasteiger partial charge in [-0.05, 0) is 48.7 Å². The van der Waals surface area contributed by atoms with Crippen molar-refractivity contribution in [2.45, 2.75) is 25.7 Å². The van der Waals surface area contributed by atoms with Crippen molar-refractivity contribution in [3.05, 3.63) is 76.0 Å². The molecule has 0 saturated heterocycles. The average molecular weight is 436 g/mol. The van der Waals surface area contributed by atoms with Gasteiger partial charge < -0.3 is 0 Å². The summed E-state index contributed by atoms with van der Waals surface area (Å²) in [6.45, 7) is 1.61. The van der Waals surface area contributed by atoms with Crippen LogP contribution >= 0.6 is 0 Å². The minimum atomic E-state index is -4.89. The molecule has 1 heterocycles. The molecule has 31 heavy (non-hydrogen) atoms. The first-order valence-electron chi connectivity index (χ1n) is 8.84. The quantitative estimate of drug-likeness (QED) is 0.508. The van der Waals surface area contributed by atoms with E-state index in [9.17, 15) is 26.3 Å². The lowest BCUT2D eigenvalue weighted by Crippen LogP contribution is -2.12. The van der Waals surface area contributed by atoms with Crippen LogP contribution in [0.15, 0.2) is 48.0 Å². The summed E-state index contributed by atoms with van der Waals surface area (Å²) in [4.78, 5) is 0. The highest BCUT2D eigenvalue weighted by Crippen LogP contribution is 2.36. The molecule has 1 N–H and O–H groups in total. The van der Waals surface area contributed by atoms with Gasteiger partial charge in [0.05, 0.1) is 11.1 Å². The summed E-state index contributed by atoms with van der Waals surface area (Å²) < 4.78 is 78.3. The molecule has 0 amide bonds. The van der Waals surface area contributed by atoms with E-state index in [-0.39, 0.29) is 23.7 Å². The van der Waals surface area contributed by atoms with Crippen LogP contribution in [0.25, 0.3) is 17.3 Å². The number of H-pyrrole nitrogens is 1. The lowest BCUT2D eigenvalue weighted by atomic mass is 9.98. The van der Waals surface area contributed by atoms with Crippen LogP contribution in [0.5, 0.6) is 0 Å². The number of aromatic nitrogens is 3. The predicted molar refractivity (Wildman–Crippen MR) is 100 cm³/mol. The molecule has 160 valence electrons. The van der Waals surface area contributed by atoms with Gasteiger partial charge in [0.1, 0.15) is 11.8 Å².